The molecule has 0 unspecified atom stereocenters. The van der Waals surface area contributed by atoms with E-state index in [4.69, 9.17) is 0 Å². The summed E-state index contributed by atoms with van der Waals surface area (Å²) in [4.78, 5) is 12.9. The van der Waals surface area contributed by atoms with Gasteiger partial charge in [-0.2, -0.15) is 0 Å². The maximum Gasteiger partial charge on any atom is 0.0943 e. The highest BCUT2D eigenvalue weighted by Gasteiger charge is 2.02. The summed E-state index contributed by atoms with van der Waals surface area (Å²) < 4.78 is 0. The highest BCUT2D eigenvalue weighted by Crippen LogP contribution is 2.16. The van der Waals surface area contributed by atoms with Gasteiger partial charge in [-0.05, 0) is 13.8 Å². The highest BCUT2D eigenvalue weighted by molar-refractivity contribution is 7.11. The Morgan fingerprint density at radius 1 is 1.44 bits per heavy atom. The largest absolute Gasteiger partial charge is 0.347 e. The molecule has 0 saturated carbocycles. The summed E-state index contributed by atoms with van der Waals surface area (Å²) >= 11 is 1.79. The first-order chi connectivity index (χ1) is 7.75. The zero-order chi connectivity index (χ0) is 11.4. The maximum absolute atomic E-state index is 4.50. The molecule has 2 heterocycles. The molecule has 4 nitrogen and oxygen atoms in total. The van der Waals surface area contributed by atoms with E-state index in [1.165, 1.54) is 9.88 Å². The predicted octanol–water partition coefficient (Wildman–Crippen LogP) is 1.82. The average Bonchev–Trinajstić information content (AvgIpc) is 2.85. The number of rotatable bonds is 5. The van der Waals surface area contributed by atoms with Crippen molar-refractivity contribution in [3.8, 4) is 0 Å². The van der Waals surface area contributed by atoms with Crippen molar-refractivity contribution in [2.24, 2.45) is 0 Å². The van der Waals surface area contributed by atoms with E-state index in [1.54, 1.807) is 17.7 Å². The Balaban J connectivity index is 1.72. The predicted molar refractivity (Wildman–Crippen MR) is 65.6 cm³/mol. The monoisotopic (exact) mass is 236 g/mol. The molecule has 0 aromatic carbocycles. The van der Waals surface area contributed by atoms with Crippen molar-refractivity contribution in [2.45, 2.75) is 26.8 Å². The number of aromatic nitrogens is 3. The molecule has 0 aliphatic carbocycles. The van der Waals surface area contributed by atoms with Crippen LogP contribution in [0.5, 0.6) is 0 Å². The van der Waals surface area contributed by atoms with Crippen molar-refractivity contribution in [3.05, 3.63) is 33.8 Å². The first kappa shape index (κ1) is 11.3. The number of imidazole rings is 1. The summed E-state index contributed by atoms with van der Waals surface area (Å²) in [6, 6.07) is 0. The Morgan fingerprint density at radius 3 is 2.94 bits per heavy atom. The van der Waals surface area contributed by atoms with Crippen LogP contribution in [-0.4, -0.2) is 21.5 Å². The van der Waals surface area contributed by atoms with Crippen LogP contribution in [0, 0.1) is 13.8 Å². The van der Waals surface area contributed by atoms with Crippen LogP contribution in [0.25, 0.3) is 0 Å². The van der Waals surface area contributed by atoms with Crippen molar-refractivity contribution in [3.63, 3.8) is 0 Å². The van der Waals surface area contributed by atoms with E-state index < -0.39 is 0 Å². The molecule has 0 bridgehead atoms. The molecule has 2 aromatic rings. The van der Waals surface area contributed by atoms with Gasteiger partial charge >= 0.3 is 0 Å². The fraction of sp³-hybridized carbons (Fsp3) is 0.455. The first-order valence-corrected chi connectivity index (χ1v) is 6.18. The van der Waals surface area contributed by atoms with Gasteiger partial charge < -0.3 is 10.3 Å². The molecular formula is C11H16N4S. The van der Waals surface area contributed by atoms with E-state index in [0.717, 1.165) is 30.9 Å². The van der Waals surface area contributed by atoms with Crippen molar-refractivity contribution >= 4 is 11.3 Å². The van der Waals surface area contributed by atoms with Crippen LogP contribution in [0.2, 0.25) is 0 Å². The molecule has 86 valence electrons. The number of nitrogens with one attached hydrogen (secondary N) is 2. The van der Waals surface area contributed by atoms with E-state index in [0.29, 0.717) is 0 Å². The Hall–Kier alpha value is -1.20. The molecule has 5 heteroatoms. The van der Waals surface area contributed by atoms with Crippen LogP contribution in [0.1, 0.15) is 21.3 Å². The number of hydrogen-bond acceptors (Lipinski definition) is 4. The normalized spacial score (nSPS) is 10.9. The van der Waals surface area contributed by atoms with Crippen LogP contribution < -0.4 is 5.32 Å². The van der Waals surface area contributed by atoms with Gasteiger partial charge in [-0.25, -0.2) is 9.97 Å². The standard InChI is InChI=1S/C11H16N4S/c1-8-9(2)16-11(15-8)3-4-12-5-10-6-13-7-14-10/h6-7,12H,3-5H2,1-2H3,(H,13,14). The maximum atomic E-state index is 4.50. The van der Waals surface area contributed by atoms with E-state index >= 15 is 0 Å². The molecule has 2 aromatic heterocycles. The topological polar surface area (TPSA) is 53.6 Å². The number of aromatic amines is 1. The Bertz CT molecular complexity index is 413. The summed E-state index contributed by atoms with van der Waals surface area (Å²) in [5.41, 5.74) is 2.28. The first-order valence-electron chi connectivity index (χ1n) is 5.36. The van der Waals surface area contributed by atoms with Crippen LogP contribution >= 0.6 is 11.3 Å². The van der Waals surface area contributed by atoms with Crippen molar-refractivity contribution in [2.75, 3.05) is 6.54 Å². The second-order valence-electron chi connectivity index (χ2n) is 3.75. The minimum atomic E-state index is 0.837. The van der Waals surface area contributed by atoms with Crippen molar-refractivity contribution < 1.29 is 0 Å². The minimum Gasteiger partial charge on any atom is -0.347 e. The summed E-state index contributed by atoms with van der Waals surface area (Å²) in [5.74, 6) is 0. The van der Waals surface area contributed by atoms with E-state index in [-0.39, 0.29) is 0 Å². The Kier molecular flexibility index (Phi) is 3.69. The number of hydrogen-bond donors (Lipinski definition) is 2. The molecular weight excluding hydrogens is 220 g/mol. The van der Waals surface area contributed by atoms with Gasteiger partial charge in [-0.15, -0.1) is 11.3 Å². The molecule has 0 saturated heterocycles. The summed E-state index contributed by atoms with van der Waals surface area (Å²) in [5, 5.41) is 4.58. The molecule has 0 radical (unpaired) electrons. The summed E-state index contributed by atoms with van der Waals surface area (Å²) in [6.07, 6.45) is 4.53. The summed E-state index contributed by atoms with van der Waals surface area (Å²) in [6.45, 7) is 5.97. The number of H-pyrrole nitrogens is 1. The van der Waals surface area contributed by atoms with Gasteiger partial charge in [0, 0.05) is 36.3 Å². The third-order valence-corrected chi connectivity index (χ3v) is 3.59. The van der Waals surface area contributed by atoms with Gasteiger partial charge in [0.1, 0.15) is 0 Å². The second kappa shape index (κ2) is 5.23. The number of thiazole rings is 1. The molecule has 0 atom stereocenters. The Labute approximate surface area is 99.2 Å². The third kappa shape index (κ3) is 2.90. The molecule has 2 rings (SSSR count). The Morgan fingerprint density at radius 2 is 2.31 bits per heavy atom. The van der Waals surface area contributed by atoms with Gasteiger partial charge in [0.05, 0.1) is 17.0 Å². The highest BCUT2D eigenvalue weighted by atomic mass is 32.1. The van der Waals surface area contributed by atoms with Gasteiger partial charge in [0.15, 0.2) is 0 Å². The molecule has 0 aliphatic heterocycles. The zero-order valence-corrected chi connectivity index (χ0v) is 10.4. The number of nitrogens with zero attached hydrogens (tertiary/aromatic N) is 2. The van der Waals surface area contributed by atoms with Gasteiger partial charge in [0.25, 0.3) is 0 Å². The quantitative estimate of drug-likeness (QED) is 0.779. The fourth-order valence-corrected chi connectivity index (χ4v) is 2.38. The molecule has 0 aliphatic rings. The number of aryl methyl sites for hydroxylation is 2. The van der Waals surface area contributed by atoms with Crippen LogP contribution in [0.3, 0.4) is 0 Å². The smallest absolute Gasteiger partial charge is 0.0943 e. The summed E-state index contributed by atoms with van der Waals surface area (Å²) in [7, 11) is 0. The van der Waals surface area contributed by atoms with E-state index in [1.807, 2.05) is 6.20 Å². The lowest BCUT2D eigenvalue weighted by Gasteiger charge is -2.00. The zero-order valence-electron chi connectivity index (χ0n) is 9.58. The molecule has 0 spiro atoms. The van der Waals surface area contributed by atoms with Crippen molar-refractivity contribution in [1.82, 2.24) is 20.3 Å². The van der Waals surface area contributed by atoms with Crippen LogP contribution in [0.15, 0.2) is 12.5 Å². The lowest BCUT2D eigenvalue weighted by molar-refractivity contribution is 0.675. The average molecular weight is 236 g/mol. The molecule has 2 N–H and O–H groups in total. The minimum absolute atomic E-state index is 0.837. The van der Waals surface area contributed by atoms with Crippen molar-refractivity contribution in [1.29, 1.82) is 0 Å². The van der Waals surface area contributed by atoms with E-state index in [9.17, 15) is 0 Å². The van der Waals surface area contributed by atoms with Gasteiger partial charge in [-0.3, -0.25) is 0 Å². The van der Waals surface area contributed by atoms with Crippen LogP contribution in [-0.2, 0) is 13.0 Å². The molecule has 0 amide bonds. The lowest BCUT2D eigenvalue weighted by atomic mass is 10.4. The third-order valence-electron chi connectivity index (χ3n) is 2.46. The molecule has 0 fully saturated rings. The van der Waals surface area contributed by atoms with Crippen LogP contribution in [0.4, 0.5) is 0 Å². The van der Waals surface area contributed by atoms with Gasteiger partial charge in [-0.1, -0.05) is 0 Å². The van der Waals surface area contributed by atoms with E-state index in [2.05, 4.69) is 34.1 Å². The second-order valence-corrected chi connectivity index (χ2v) is 5.04. The fourth-order valence-electron chi connectivity index (χ4n) is 1.45. The molecule has 16 heavy (non-hydrogen) atoms. The SMILES string of the molecule is Cc1nc(CCNCc2cnc[nH]2)sc1C. The lowest BCUT2D eigenvalue weighted by Crippen LogP contribution is -2.16. The van der Waals surface area contributed by atoms with Gasteiger partial charge in [0.2, 0.25) is 0 Å².